The van der Waals surface area contributed by atoms with Crippen LogP contribution < -0.4 is 5.32 Å². The van der Waals surface area contributed by atoms with E-state index >= 15 is 0 Å². The summed E-state index contributed by atoms with van der Waals surface area (Å²) in [4.78, 5) is 0. The predicted molar refractivity (Wildman–Crippen MR) is 66.8 cm³/mol. The first-order valence-corrected chi connectivity index (χ1v) is 5.84. The van der Waals surface area contributed by atoms with Crippen molar-refractivity contribution in [3.63, 3.8) is 0 Å². The van der Waals surface area contributed by atoms with Crippen LogP contribution in [0, 0.1) is 5.82 Å². The largest absolute Gasteiger partial charge is 0.373 e. The van der Waals surface area contributed by atoms with Crippen LogP contribution in [-0.2, 0) is 11.3 Å². The molecule has 0 bridgehead atoms. The number of benzene rings is 1. The third-order valence-electron chi connectivity index (χ3n) is 1.97. The van der Waals surface area contributed by atoms with Crippen molar-refractivity contribution in [1.82, 2.24) is 5.32 Å². The summed E-state index contributed by atoms with van der Waals surface area (Å²) in [5.41, 5.74) is 0.566. The van der Waals surface area contributed by atoms with Gasteiger partial charge in [0.15, 0.2) is 0 Å². The zero-order chi connectivity index (χ0) is 11.8. The number of nitrogens with one attached hydrogen (secondary N) is 1. The topological polar surface area (TPSA) is 21.3 Å². The second-order valence-corrected chi connectivity index (χ2v) is 4.20. The summed E-state index contributed by atoms with van der Waals surface area (Å²) in [6, 6.07) is 4.83. The van der Waals surface area contributed by atoms with Crippen molar-refractivity contribution in [1.29, 1.82) is 0 Å². The molecule has 0 amide bonds. The number of halogens is 2. The normalized spacial score (nSPS) is 11.2. The van der Waals surface area contributed by atoms with Crippen LogP contribution in [0.15, 0.2) is 34.8 Å². The van der Waals surface area contributed by atoms with E-state index in [0.29, 0.717) is 12.2 Å². The average molecular weight is 288 g/mol. The molecule has 0 fully saturated rings. The summed E-state index contributed by atoms with van der Waals surface area (Å²) in [6.45, 7) is 1.59. The Morgan fingerprint density at radius 1 is 1.44 bits per heavy atom. The Kier molecular flexibility index (Phi) is 6.30. The van der Waals surface area contributed by atoms with Crippen molar-refractivity contribution in [3.05, 3.63) is 46.2 Å². The van der Waals surface area contributed by atoms with Crippen LogP contribution in [0.2, 0.25) is 0 Å². The van der Waals surface area contributed by atoms with Gasteiger partial charge in [0, 0.05) is 16.6 Å². The zero-order valence-corrected chi connectivity index (χ0v) is 10.8. The van der Waals surface area contributed by atoms with Crippen molar-refractivity contribution in [2.75, 3.05) is 20.2 Å². The minimum atomic E-state index is -0.234. The van der Waals surface area contributed by atoms with Crippen LogP contribution in [0.4, 0.5) is 4.39 Å². The number of hydrogen-bond acceptors (Lipinski definition) is 2. The molecule has 1 N–H and O–H groups in total. The standard InChI is InChI=1S/C12H15BrFNO/c1-15-6-2-3-7-16-9-10-8-11(13)4-5-12(10)14/h2-5,8,15H,6-7,9H2,1H3/b3-2+. The Morgan fingerprint density at radius 2 is 2.25 bits per heavy atom. The Bertz CT molecular complexity index is 355. The molecule has 0 radical (unpaired) electrons. The third-order valence-corrected chi connectivity index (χ3v) is 2.46. The second kappa shape index (κ2) is 7.54. The summed E-state index contributed by atoms with van der Waals surface area (Å²) in [5, 5.41) is 2.98. The van der Waals surface area contributed by atoms with Crippen molar-refractivity contribution >= 4 is 15.9 Å². The molecule has 88 valence electrons. The van der Waals surface area contributed by atoms with Crippen molar-refractivity contribution in [2.45, 2.75) is 6.61 Å². The van der Waals surface area contributed by atoms with Gasteiger partial charge in [0.2, 0.25) is 0 Å². The van der Waals surface area contributed by atoms with E-state index in [4.69, 9.17) is 4.74 Å². The minimum Gasteiger partial charge on any atom is -0.373 e. The maximum atomic E-state index is 13.3. The van der Waals surface area contributed by atoms with E-state index in [1.54, 1.807) is 12.1 Å². The van der Waals surface area contributed by atoms with Gasteiger partial charge in [0.05, 0.1) is 13.2 Å². The number of hydrogen-bond donors (Lipinski definition) is 1. The van der Waals surface area contributed by atoms with E-state index in [9.17, 15) is 4.39 Å². The maximum absolute atomic E-state index is 13.3. The van der Waals surface area contributed by atoms with Crippen LogP contribution >= 0.6 is 15.9 Å². The summed E-state index contributed by atoms with van der Waals surface area (Å²) >= 11 is 3.30. The molecule has 0 aliphatic carbocycles. The molecular weight excluding hydrogens is 273 g/mol. The van der Waals surface area contributed by atoms with Gasteiger partial charge < -0.3 is 10.1 Å². The van der Waals surface area contributed by atoms with Gasteiger partial charge in [-0.3, -0.25) is 0 Å². The summed E-state index contributed by atoms with van der Waals surface area (Å²) in [5.74, 6) is -0.234. The van der Waals surface area contributed by atoms with Crippen LogP contribution in [-0.4, -0.2) is 20.2 Å². The molecule has 0 heterocycles. The first-order chi connectivity index (χ1) is 7.74. The Hall–Kier alpha value is -0.710. The fourth-order valence-electron chi connectivity index (χ4n) is 1.16. The molecule has 2 nitrogen and oxygen atoms in total. The molecule has 0 unspecified atom stereocenters. The molecule has 16 heavy (non-hydrogen) atoms. The summed E-state index contributed by atoms with van der Waals surface area (Å²) in [7, 11) is 1.88. The number of likely N-dealkylation sites (N-methyl/N-ethyl adjacent to an activating group) is 1. The highest BCUT2D eigenvalue weighted by Gasteiger charge is 2.01. The zero-order valence-electron chi connectivity index (χ0n) is 9.17. The molecule has 0 saturated carbocycles. The van der Waals surface area contributed by atoms with E-state index in [1.165, 1.54) is 6.07 Å². The molecule has 0 spiro atoms. The first-order valence-electron chi connectivity index (χ1n) is 5.05. The lowest BCUT2D eigenvalue weighted by molar-refractivity contribution is 0.145. The number of rotatable bonds is 6. The molecule has 4 heteroatoms. The number of ether oxygens (including phenoxy) is 1. The highest BCUT2D eigenvalue weighted by Crippen LogP contribution is 2.16. The van der Waals surface area contributed by atoms with Crippen molar-refractivity contribution in [3.8, 4) is 0 Å². The van der Waals surface area contributed by atoms with Gasteiger partial charge in [-0.15, -0.1) is 0 Å². The lowest BCUT2D eigenvalue weighted by Crippen LogP contribution is -2.04. The first kappa shape index (κ1) is 13.4. The Balaban J connectivity index is 2.34. The highest BCUT2D eigenvalue weighted by molar-refractivity contribution is 9.10. The third kappa shape index (κ3) is 4.88. The lowest BCUT2D eigenvalue weighted by Gasteiger charge is -2.03. The fourth-order valence-corrected chi connectivity index (χ4v) is 1.57. The molecular formula is C12H15BrFNO. The molecule has 1 aromatic rings. The van der Waals surface area contributed by atoms with E-state index in [1.807, 2.05) is 19.2 Å². The van der Waals surface area contributed by atoms with E-state index in [2.05, 4.69) is 21.2 Å². The highest BCUT2D eigenvalue weighted by atomic mass is 79.9. The molecule has 0 saturated heterocycles. The van der Waals surface area contributed by atoms with Crippen LogP contribution in [0.5, 0.6) is 0 Å². The molecule has 1 rings (SSSR count). The molecule has 0 atom stereocenters. The maximum Gasteiger partial charge on any atom is 0.128 e. The van der Waals surface area contributed by atoms with Crippen LogP contribution in [0.1, 0.15) is 5.56 Å². The van der Waals surface area contributed by atoms with Gasteiger partial charge >= 0.3 is 0 Å². The quantitative estimate of drug-likeness (QED) is 0.642. The minimum absolute atomic E-state index is 0.234. The van der Waals surface area contributed by atoms with E-state index in [0.717, 1.165) is 11.0 Å². The second-order valence-electron chi connectivity index (χ2n) is 3.28. The van der Waals surface area contributed by atoms with Crippen LogP contribution in [0.3, 0.4) is 0 Å². The van der Waals surface area contributed by atoms with Crippen molar-refractivity contribution < 1.29 is 9.13 Å². The SMILES string of the molecule is CNC/C=C/COCc1cc(Br)ccc1F. The van der Waals surface area contributed by atoms with Gasteiger partial charge in [0.1, 0.15) is 5.82 Å². The van der Waals surface area contributed by atoms with Gasteiger partial charge in [-0.1, -0.05) is 28.1 Å². The fraction of sp³-hybridized carbons (Fsp3) is 0.333. The van der Waals surface area contributed by atoms with Gasteiger partial charge in [-0.25, -0.2) is 4.39 Å². The van der Waals surface area contributed by atoms with E-state index < -0.39 is 0 Å². The lowest BCUT2D eigenvalue weighted by atomic mass is 10.2. The average Bonchev–Trinajstić information content (AvgIpc) is 2.28. The molecule has 0 aliphatic heterocycles. The molecule has 0 aliphatic rings. The smallest absolute Gasteiger partial charge is 0.128 e. The Labute approximate surface area is 104 Å². The summed E-state index contributed by atoms with van der Waals surface area (Å²) < 4.78 is 19.5. The summed E-state index contributed by atoms with van der Waals surface area (Å²) in [6.07, 6.45) is 3.88. The van der Waals surface area contributed by atoms with E-state index in [-0.39, 0.29) is 12.4 Å². The predicted octanol–water partition coefficient (Wildman–Crippen LogP) is 2.88. The monoisotopic (exact) mass is 287 g/mol. The van der Waals surface area contributed by atoms with Gasteiger partial charge in [-0.05, 0) is 25.2 Å². The van der Waals surface area contributed by atoms with Crippen LogP contribution in [0.25, 0.3) is 0 Å². The molecule has 0 aromatic heterocycles. The molecule has 1 aromatic carbocycles. The van der Waals surface area contributed by atoms with Gasteiger partial charge in [-0.2, -0.15) is 0 Å². The van der Waals surface area contributed by atoms with Crippen molar-refractivity contribution in [2.24, 2.45) is 0 Å². The van der Waals surface area contributed by atoms with Gasteiger partial charge in [0.25, 0.3) is 0 Å². The Morgan fingerprint density at radius 3 is 3.00 bits per heavy atom.